The molecule has 2 aromatic rings. The molecule has 0 bridgehead atoms. The highest BCUT2D eigenvalue weighted by atomic mass is 35.5. The van der Waals surface area contributed by atoms with E-state index in [1.807, 2.05) is 19.4 Å². The first kappa shape index (κ1) is 15.5. The fourth-order valence-corrected chi connectivity index (χ4v) is 3.12. The normalized spacial score (nSPS) is 11.4. The topological polar surface area (TPSA) is 34.0 Å². The van der Waals surface area contributed by atoms with Crippen LogP contribution in [0.15, 0.2) is 17.8 Å². The van der Waals surface area contributed by atoms with Crippen LogP contribution < -0.4 is 0 Å². The summed E-state index contributed by atoms with van der Waals surface area (Å²) in [5, 5.41) is 3.25. The number of nitrogens with zero attached hydrogens (tertiary/aromatic N) is 4. The van der Waals surface area contributed by atoms with Gasteiger partial charge in [-0.1, -0.05) is 0 Å². The number of aryl methyl sites for hydroxylation is 2. The molecule has 110 valence electrons. The molecule has 0 aliphatic carbocycles. The number of thiazole rings is 1. The Hall–Kier alpha value is -0.910. The van der Waals surface area contributed by atoms with Gasteiger partial charge in [0.05, 0.1) is 23.1 Å². The van der Waals surface area contributed by atoms with Crippen LogP contribution in [0.5, 0.6) is 0 Å². The lowest BCUT2D eigenvalue weighted by Crippen LogP contribution is -2.21. The van der Waals surface area contributed by atoms with Crippen LogP contribution in [-0.2, 0) is 25.9 Å². The Morgan fingerprint density at radius 3 is 2.90 bits per heavy atom. The van der Waals surface area contributed by atoms with Crippen molar-refractivity contribution in [1.29, 1.82) is 0 Å². The molecule has 2 aromatic heterocycles. The zero-order chi connectivity index (χ0) is 14.4. The average molecular weight is 313 g/mol. The molecule has 0 atom stereocenters. The van der Waals surface area contributed by atoms with Crippen molar-refractivity contribution in [2.24, 2.45) is 7.05 Å². The summed E-state index contributed by atoms with van der Waals surface area (Å²) in [6, 6.07) is 0. The fraction of sp³-hybridized carbons (Fsp3) is 0.571. The summed E-state index contributed by atoms with van der Waals surface area (Å²) < 4.78 is 2.07. The van der Waals surface area contributed by atoms with Gasteiger partial charge in [-0.15, -0.1) is 22.9 Å². The molecule has 2 heterocycles. The number of aromatic nitrogens is 3. The number of halogens is 1. The Morgan fingerprint density at radius 2 is 2.25 bits per heavy atom. The molecule has 0 spiro atoms. The molecule has 0 radical (unpaired) electrons. The Bertz CT molecular complexity index is 523. The third kappa shape index (κ3) is 4.58. The van der Waals surface area contributed by atoms with Crippen LogP contribution in [0.2, 0.25) is 0 Å². The fourth-order valence-electron chi connectivity index (χ4n) is 2.05. The summed E-state index contributed by atoms with van der Waals surface area (Å²) in [5.74, 6) is 1.63. The predicted molar refractivity (Wildman–Crippen MR) is 84.2 cm³/mol. The molecule has 0 saturated heterocycles. The first-order valence-corrected chi connectivity index (χ1v) is 8.24. The summed E-state index contributed by atoms with van der Waals surface area (Å²) >= 11 is 7.47. The number of alkyl halides is 1. The van der Waals surface area contributed by atoms with Gasteiger partial charge in [-0.25, -0.2) is 9.97 Å². The molecule has 0 saturated carbocycles. The summed E-state index contributed by atoms with van der Waals surface area (Å²) in [4.78, 5) is 11.1. The van der Waals surface area contributed by atoms with Gasteiger partial charge < -0.3 is 4.57 Å². The number of hydrogen-bond acceptors (Lipinski definition) is 4. The lowest BCUT2D eigenvalue weighted by molar-refractivity contribution is 0.307. The molecule has 0 fully saturated rings. The van der Waals surface area contributed by atoms with E-state index in [0.717, 1.165) is 31.0 Å². The van der Waals surface area contributed by atoms with Crippen molar-refractivity contribution in [3.63, 3.8) is 0 Å². The van der Waals surface area contributed by atoms with Crippen LogP contribution in [0.1, 0.15) is 29.4 Å². The van der Waals surface area contributed by atoms with Gasteiger partial charge in [-0.2, -0.15) is 0 Å². The molecule has 6 heteroatoms. The van der Waals surface area contributed by atoms with E-state index in [-0.39, 0.29) is 0 Å². The lowest BCUT2D eigenvalue weighted by Gasteiger charge is -2.15. The molecular weight excluding hydrogens is 292 g/mol. The highest BCUT2D eigenvalue weighted by Gasteiger charge is 2.05. The molecule has 4 nitrogen and oxygen atoms in total. The van der Waals surface area contributed by atoms with Gasteiger partial charge in [0.2, 0.25) is 0 Å². The van der Waals surface area contributed by atoms with E-state index in [9.17, 15) is 0 Å². The van der Waals surface area contributed by atoms with Crippen LogP contribution in [0.25, 0.3) is 0 Å². The summed E-state index contributed by atoms with van der Waals surface area (Å²) in [6.45, 7) is 1.98. The summed E-state index contributed by atoms with van der Waals surface area (Å²) in [5.41, 5.74) is 0.999. The van der Waals surface area contributed by atoms with Crippen molar-refractivity contribution < 1.29 is 0 Å². The van der Waals surface area contributed by atoms with Crippen molar-refractivity contribution in [2.45, 2.75) is 31.7 Å². The molecule has 0 amide bonds. The molecule has 2 rings (SSSR count). The van der Waals surface area contributed by atoms with E-state index in [0.29, 0.717) is 5.88 Å². The maximum atomic E-state index is 5.75. The quantitative estimate of drug-likeness (QED) is 0.555. The van der Waals surface area contributed by atoms with Crippen molar-refractivity contribution >= 4 is 22.9 Å². The highest BCUT2D eigenvalue weighted by molar-refractivity contribution is 7.09. The Morgan fingerprint density at radius 1 is 1.40 bits per heavy atom. The number of hydrogen-bond donors (Lipinski definition) is 0. The standard InChI is InChI=1S/C14H21ClN4S/c1-18(10-13-16-6-8-19(13)2)7-4-3-5-14-17-12(9-15)11-20-14/h6,8,11H,3-5,7,9-10H2,1-2H3. The largest absolute Gasteiger partial charge is 0.337 e. The van der Waals surface area contributed by atoms with Crippen LogP contribution in [-0.4, -0.2) is 33.0 Å². The van der Waals surface area contributed by atoms with Crippen molar-refractivity contribution in [3.05, 3.63) is 34.3 Å². The van der Waals surface area contributed by atoms with E-state index in [2.05, 4.69) is 31.9 Å². The van der Waals surface area contributed by atoms with Crippen molar-refractivity contribution in [2.75, 3.05) is 13.6 Å². The van der Waals surface area contributed by atoms with E-state index < -0.39 is 0 Å². The Balaban J connectivity index is 1.64. The van der Waals surface area contributed by atoms with Gasteiger partial charge in [0, 0.05) is 24.8 Å². The van der Waals surface area contributed by atoms with Gasteiger partial charge in [0.25, 0.3) is 0 Å². The monoisotopic (exact) mass is 312 g/mol. The summed E-state index contributed by atoms with van der Waals surface area (Å²) in [7, 11) is 4.18. The predicted octanol–water partition coefficient (Wildman–Crippen LogP) is 3.07. The van der Waals surface area contributed by atoms with Gasteiger partial charge in [-0.05, 0) is 32.9 Å². The second-order valence-electron chi connectivity index (χ2n) is 5.02. The Kier molecular flexibility index (Phi) is 6.01. The van der Waals surface area contributed by atoms with E-state index in [1.54, 1.807) is 11.3 Å². The minimum absolute atomic E-state index is 0.517. The SMILES string of the molecule is CN(CCCCc1nc(CCl)cs1)Cc1nccn1C. The highest BCUT2D eigenvalue weighted by Crippen LogP contribution is 2.14. The third-order valence-electron chi connectivity index (χ3n) is 3.25. The van der Waals surface area contributed by atoms with E-state index >= 15 is 0 Å². The van der Waals surface area contributed by atoms with Crippen molar-refractivity contribution in [1.82, 2.24) is 19.4 Å². The second-order valence-corrected chi connectivity index (χ2v) is 6.23. The minimum Gasteiger partial charge on any atom is -0.337 e. The summed E-state index contributed by atoms with van der Waals surface area (Å²) in [6.07, 6.45) is 7.23. The minimum atomic E-state index is 0.517. The molecule has 20 heavy (non-hydrogen) atoms. The average Bonchev–Trinajstić information content (AvgIpc) is 3.05. The zero-order valence-electron chi connectivity index (χ0n) is 12.0. The molecule has 0 aromatic carbocycles. The third-order valence-corrected chi connectivity index (χ3v) is 4.48. The number of imidazole rings is 1. The van der Waals surface area contributed by atoms with Gasteiger partial charge >= 0.3 is 0 Å². The second kappa shape index (κ2) is 7.76. The van der Waals surface area contributed by atoms with Crippen LogP contribution in [0, 0.1) is 0 Å². The smallest absolute Gasteiger partial charge is 0.122 e. The maximum Gasteiger partial charge on any atom is 0.122 e. The molecule has 0 unspecified atom stereocenters. The van der Waals surface area contributed by atoms with Crippen LogP contribution in [0.3, 0.4) is 0 Å². The Labute approximate surface area is 129 Å². The lowest BCUT2D eigenvalue weighted by atomic mass is 10.2. The van der Waals surface area contributed by atoms with Crippen LogP contribution in [0.4, 0.5) is 0 Å². The van der Waals surface area contributed by atoms with Gasteiger partial charge in [0.15, 0.2) is 0 Å². The molecular formula is C14H21ClN4S. The van der Waals surface area contributed by atoms with Crippen molar-refractivity contribution in [3.8, 4) is 0 Å². The van der Waals surface area contributed by atoms with E-state index in [4.69, 9.17) is 11.6 Å². The molecule has 0 aliphatic heterocycles. The first-order valence-electron chi connectivity index (χ1n) is 6.83. The van der Waals surface area contributed by atoms with Gasteiger partial charge in [-0.3, -0.25) is 4.90 Å². The maximum absolute atomic E-state index is 5.75. The number of rotatable bonds is 8. The van der Waals surface area contributed by atoms with E-state index in [1.165, 1.54) is 17.8 Å². The molecule has 0 N–H and O–H groups in total. The van der Waals surface area contributed by atoms with Crippen LogP contribution >= 0.6 is 22.9 Å². The zero-order valence-corrected chi connectivity index (χ0v) is 13.6. The first-order chi connectivity index (χ1) is 9.69. The van der Waals surface area contributed by atoms with Gasteiger partial charge in [0.1, 0.15) is 5.82 Å². The molecule has 0 aliphatic rings. The number of unbranched alkanes of at least 4 members (excludes halogenated alkanes) is 1.